The molecule has 0 aliphatic carbocycles. The Labute approximate surface area is 121 Å². The number of rotatable bonds is 5. The van der Waals surface area contributed by atoms with Crippen LogP contribution in [-0.2, 0) is 0 Å². The maximum absolute atomic E-state index is 11.1. The van der Waals surface area contributed by atoms with Crippen molar-refractivity contribution in [3.8, 4) is 0 Å². The number of aryl methyl sites for hydroxylation is 1. The molecule has 2 aromatic rings. The van der Waals surface area contributed by atoms with Gasteiger partial charge in [0.15, 0.2) is 0 Å². The van der Waals surface area contributed by atoms with Gasteiger partial charge in [-0.3, -0.25) is 10.1 Å². The molecule has 0 fully saturated rings. The third-order valence-electron chi connectivity index (χ3n) is 3.11. The standard InChI is InChI=1S/C14H17N3O2S/c1-9-8-20-14(15-9)11(3)16-10(2)12-6-4-5-7-13(12)17(18)19/h4-8,10-11,16H,1-3H3. The Morgan fingerprint density at radius 3 is 2.60 bits per heavy atom. The highest BCUT2D eigenvalue weighted by Gasteiger charge is 2.20. The molecule has 2 unspecified atom stereocenters. The van der Waals surface area contributed by atoms with E-state index in [1.807, 2.05) is 32.2 Å². The van der Waals surface area contributed by atoms with Gasteiger partial charge in [-0.25, -0.2) is 4.98 Å². The summed E-state index contributed by atoms with van der Waals surface area (Å²) in [5.41, 5.74) is 1.84. The van der Waals surface area contributed by atoms with E-state index in [2.05, 4.69) is 10.3 Å². The number of nitrogens with one attached hydrogen (secondary N) is 1. The lowest BCUT2D eigenvalue weighted by atomic mass is 10.1. The number of hydrogen-bond acceptors (Lipinski definition) is 5. The summed E-state index contributed by atoms with van der Waals surface area (Å²) in [4.78, 5) is 15.1. The van der Waals surface area contributed by atoms with Gasteiger partial charge in [-0.2, -0.15) is 0 Å². The minimum Gasteiger partial charge on any atom is -0.301 e. The third kappa shape index (κ3) is 3.20. The van der Waals surface area contributed by atoms with Crippen molar-refractivity contribution in [2.45, 2.75) is 32.9 Å². The van der Waals surface area contributed by atoms with Gasteiger partial charge in [0, 0.05) is 28.7 Å². The second-order valence-electron chi connectivity index (χ2n) is 4.75. The third-order valence-corrected chi connectivity index (χ3v) is 4.25. The van der Waals surface area contributed by atoms with Crippen molar-refractivity contribution in [3.63, 3.8) is 0 Å². The van der Waals surface area contributed by atoms with Crippen LogP contribution in [0.15, 0.2) is 29.6 Å². The largest absolute Gasteiger partial charge is 0.301 e. The van der Waals surface area contributed by atoms with Crippen LogP contribution < -0.4 is 5.32 Å². The van der Waals surface area contributed by atoms with Crippen molar-refractivity contribution < 1.29 is 4.92 Å². The molecule has 0 aliphatic rings. The Balaban J connectivity index is 2.16. The molecule has 0 spiro atoms. The van der Waals surface area contributed by atoms with Gasteiger partial charge in [0.2, 0.25) is 0 Å². The summed E-state index contributed by atoms with van der Waals surface area (Å²) >= 11 is 1.60. The Morgan fingerprint density at radius 2 is 2.00 bits per heavy atom. The molecular formula is C14H17N3O2S. The molecule has 2 atom stereocenters. The second kappa shape index (κ2) is 6.11. The topological polar surface area (TPSA) is 68.1 Å². The van der Waals surface area contributed by atoms with Crippen LogP contribution in [0.25, 0.3) is 0 Å². The Bertz CT molecular complexity index is 612. The van der Waals surface area contributed by atoms with Gasteiger partial charge in [-0.05, 0) is 20.8 Å². The molecule has 1 aromatic heterocycles. The minimum absolute atomic E-state index is 0.0588. The quantitative estimate of drug-likeness (QED) is 0.672. The van der Waals surface area contributed by atoms with Gasteiger partial charge in [-0.1, -0.05) is 18.2 Å². The fourth-order valence-electron chi connectivity index (χ4n) is 2.13. The van der Waals surface area contributed by atoms with Crippen LogP contribution in [-0.4, -0.2) is 9.91 Å². The first-order valence-electron chi connectivity index (χ1n) is 6.40. The number of benzene rings is 1. The molecule has 0 saturated carbocycles. The van der Waals surface area contributed by atoms with Crippen LogP contribution in [0.4, 0.5) is 5.69 Å². The highest BCUT2D eigenvalue weighted by molar-refractivity contribution is 7.09. The van der Waals surface area contributed by atoms with E-state index < -0.39 is 0 Å². The van der Waals surface area contributed by atoms with Crippen molar-refractivity contribution in [2.75, 3.05) is 0 Å². The number of thiazole rings is 1. The predicted octanol–water partition coefficient (Wildman–Crippen LogP) is 3.77. The van der Waals surface area contributed by atoms with Crippen molar-refractivity contribution in [1.82, 2.24) is 10.3 Å². The Hall–Kier alpha value is -1.79. The van der Waals surface area contributed by atoms with Crippen molar-refractivity contribution in [2.24, 2.45) is 0 Å². The van der Waals surface area contributed by atoms with Crippen LogP contribution >= 0.6 is 11.3 Å². The van der Waals surface area contributed by atoms with Crippen molar-refractivity contribution in [3.05, 3.63) is 56.0 Å². The number of nitro groups is 1. The van der Waals surface area contributed by atoms with Gasteiger partial charge in [0.1, 0.15) is 5.01 Å². The van der Waals surface area contributed by atoms with Crippen LogP contribution in [0.2, 0.25) is 0 Å². The van der Waals surface area contributed by atoms with E-state index in [1.165, 1.54) is 6.07 Å². The van der Waals surface area contributed by atoms with Crippen LogP contribution in [0.5, 0.6) is 0 Å². The van der Waals surface area contributed by atoms with Gasteiger partial charge < -0.3 is 5.32 Å². The summed E-state index contributed by atoms with van der Waals surface area (Å²) in [7, 11) is 0. The maximum atomic E-state index is 11.1. The van der Waals surface area contributed by atoms with Gasteiger partial charge in [-0.15, -0.1) is 11.3 Å². The van der Waals surface area contributed by atoms with Crippen molar-refractivity contribution in [1.29, 1.82) is 0 Å². The zero-order valence-electron chi connectivity index (χ0n) is 11.7. The monoisotopic (exact) mass is 291 g/mol. The highest BCUT2D eigenvalue weighted by atomic mass is 32.1. The number of para-hydroxylation sites is 1. The zero-order chi connectivity index (χ0) is 14.7. The summed E-state index contributed by atoms with van der Waals surface area (Å²) in [5, 5.41) is 17.4. The molecule has 20 heavy (non-hydrogen) atoms. The molecule has 0 amide bonds. The molecule has 106 valence electrons. The fourth-order valence-corrected chi connectivity index (χ4v) is 2.94. The van der Waals surface area contributed by atoms with E-state index in [0.29, 0.717) is 5.56 Å². The normalized spacial score (nSPS) is 13.9. The summed E-state index contributed by atoms with van der Waals surface area (Å²) in [6, 6.07) is 6.77. The fraction of sp³-hybridized carbons (Fsp3) is 0.357. The first-order valence-corrected chi connectivity index (χ1v) is 7.28. The summed E-state index contributed by atoms with van der Waals surface area (Å²) in [5.74, 6) is 0. The van der Waals surface area contributed by atoms with E-state index in [0.717, 1.165) is 10.7 Å². The van der Waals surface area contributed by atoms with E-state index in [-0.39, 0.29) is 22.7 Å². The maximum Gasteiger partial charge on any atom is 0.274 e. The predicted molar refractivity (Wildman–Crippen MR) is 79.9 cm³/mol. The number of nitrogens with zero attached hydrogens (tertiary/aromatic N) is 2. The number of hydrogen-bond donors (Lipinski definition) is 1. The molecule has 1 heterocycles. The van der Waals surface area contributed by atoms with E-state index in [4.69, 9.17) is 0 Å². The molecule has 2 rings (SSSR count). The van der Waals surface area contributed by atoms with Gasteiger partial charge in [0.25, 0.3) is 5.69 Å². The van der Waals surface area contributed by atoms with Crippen molar-refractivity contribution >= 4 is 17.0 Å². The first kappa shape index (κ1) is 14.6. The Morgan fingerprint density at radius 1 is 1.30 bits per heavy atom. The zero-order valence-corrected chi connectivity index (χ0v) is 12.5. The number of aromatic nitrogens is 1. The van der Waals surface area contributed by atoms with Crippen LogP contribution in [0.1, 0.15) is 42.2 Å². The molecule has 1 N–H and O–H groups in total. The lowest BCUT2D eigenvalue weighted by molar-refractivity contribution is -0.385. The van der Waals surface area contributed by atoms with Gasteiger partial charge in [0.05, 0.1) is 11.0 Å². The second-order valence-corrected chi connectivity index (χ2v) is 5.64. The smallest absolute Gasteiger partial charge is 0.274 e. The molecule has 0 aliphatic heterocycles. The first-order chi connectivity index (χ1) is 9.49. The van der Waals surface area contributed by atoms with E-state index in [1.54, 1.807) is 23.5 Å². The van der Waals surface area contributed by atoms with Crippen LogP contribution in [0, 0.1) is 17.0 Å². The van der Waals surface area contributed by atoms with E-state index >= 15 is 0 Å². The van der Waals surface area contributed by atoms with Gasteiger partial charge >= 0.3 is 0 Å². The molecule has 0 radical (unpaired) electrons. The molecule has 0 saturated heterocycles. The number of nitro benzene ring substituents is 1. The summed E-state index contributed by atoms with van der Waals surface area (Å²) < 4.78 is 0. The molecule has 0 bridgehead atoms. The summed E-state index contributed by atoms with van der Waals surface area (Å²) in [6.07, 6.45) is 0. The SMILES string of the molecule is Cc1csc(C(C)NC(C)c2ccccc2[N+](=O)[O-])n1. The molecule has 5 nitrogen and oxygen atoms in total. The molecule has 6 heteroatoms. The van der Waals surface area contributed by atoms with E-state index in [9.17, 15) is 10.1 Å². The van der Waals surface area contributed by atoms with Crippen LogP contribution in [0.3, 0.4) is 0 Å². The minimum atomic E-state index is -0.342. The average molecular weight is 291 g/mol. The lowest BCUT2D eigenvalue weighted by Crippen LogP contribution is -2.23. The summed E-state index contributed by atoms with van der Waals surface area (Å²) in [6.45, 7) is 5.90. The average Bonchev–Trinajstić information content (AvgIpc) is 2.85. The molecular weight excluding hydrogens is 274 g/mol. The lowest BCUT2D eigenvalue weighted by Gasteiger charge is -2.18. The highest BCUT2D eigenvalue weighted by Crippen LogP contribution is 2.27. The Kier molecular flexibility index (Phi) is 4.46. The molecule has 1 aromatic carbocycles.